The van der Waals surface area contributed by atoms with Gasteiger partial charge < -0.3 is 14.2 Å². The van der Waals surface area contributed by atoms with E-state index >= 15 is 0 Å². The molecule has 0 fully saturated rings. The monoisotopic (exact) mass is 336 g/mol. The molecule has 0 amide bonds. The maximum absolute atomic E-state index is 6.05. The Labute approximate surface area is 149 Å². The molecule has 0 saturated carbocycles. The van der Waals surface area contributed by atoms with Crippen LogP contribution >= 0.6 is 0 Å². The molecule has 25 heavy (non-hydrogen) atoms. The van der Waals surface area contributed by atoms with E-state index in [0.29, 0.717) is 6.61 Å². The highest BCUT2D eigenvalue weighted by Gasteiger charge is 2.10. The first-order valence-corrected chi connectivity index (χ1v) is 8.86. The Kier molecular flexibility index (Phi) is 5.78. The molecule has 0 atom stereocenters. The molecule has 3 heteroatoms. The Morgan fingerprint density at radius 1 is 0.640 bits per heavy atom. The third-order valence-electron chi connectivity index (χ3n) is 3.78. The summed E-state index contributed by atoms with van der Waals surface area (Å²) in [5.41, 5.74) is 0. The van der Waals surface area contributed by atoms with E-state index in [0.717, 1.165) is 53.2 Å². The van der Waals surface area contributed by atoms with Crippen LogP contribution in [-0.2, 0) is 0 Å². The lowest BCUT2D eigenvalue weighted by atomic mass is 10.1. The molecule has 3 nitrogen and oxygen atoms in total. The van der Waals surface area contributed by atoms with Gasteiger partial charge in [-0.05, 0) is 60.0 Å². The Morgan fingerprint density at radius 3 is 2.12 bits per heavy atom. The maximum atomic E-state index is 6.05. The Balaban J connectivity index is 1.96. The van der Waals surface area contributed by atoms with Gasteiger partial charge in [-0.1, -0.05) is 38.1 Å². The van der Waals surface area contributed by atoms with E-state index < -0.39 is 0 Å². The van der Waals surface area contributed by atoms with E-state index in [1.54, 1.807) is 0 Å². The number of hydrogen-bond donors (Lipinski definition) is 0. The van der Waals surface area contributed by atoms with Crippen LogP contribution in [0.4, 0.5) is 0 Å². The van der Waals surface area contributed by atoms with Crippen molar-refractivity contribution in [1.82, 2.24) is 0 Å². The van der Waals surface area contributed by atoms with Crippen molar-refractivity contribution in [2.75, 3.05) is 13.2 Å². The lowest BCUT2D eigenvalue weighted by Crippen LogP contribution is -1.98. The van der Waals surface area contributed by atoms with E-state index in [2.05, 4.69) is 26.0 Å². The van der Waals surface area contributed by atoms with E-state index in [9.17, 15) is 0 Å². The lowest BCUT2D eigenvalue weighted by Gasteiger charge is -2.14. The van der Waals surface area contributed by atoms with E-state index in [4.69, 9.17) is 14.2 Å². The zero-order valence-corrected chi connectivity index (χ0v) is 14.8. The molecule has 0 heterocycles. The zero-order chi connectivity index (χ0) is 17.5. The quantitative estimate of drug-likeness (QED) is 0.489. The molecule has 0 radical (unpaired) electrons. The maximum Gasteiger partial charge on any atom is 0.169 e. The summed E-state index contributed by atoms with van der Waals surface area (Å²) in [6, 6.07) is 19.9. The fourth-order valence-electron chi connectivity index (χ4n) is 2.56. The zero-order valence-electron chi connectivity index (χ0n) is 14.8. The third kappa shape index (κ3) is 4.44. The van der Waals surface area contributed by atoms with Crippen molar-refractivity contribution in [2.24, 2.45) is 0 Å². The Morgan fingerprint density at radius 2 is 1.36 bits per heavy atom. The van der Waals surface area contributed by atoms with E-state index in [1.165, 1.54) is 0 Å². The van der Waals surface area contributed by atoms with Gasteiger partial charge in [-0.3, -0.25) is 0 Å². The van der Waals surface area contributed by atoms with Crippen LogP contribution in [0.25, 0.3) is 10.8 Å². The highest BCUT2D eigenvalue weighted by atomic mass is 16.5. The van der Waals surface area contributed by atoms with Crippen LogP contribution in [0.1, 0.15) is 26.7 Å². The lowest BCUT2D eigenvalue weighted by molar-refractivity contribution is 0.302. The summed E-state index contributed by atoms with van der Waals surface area (Å²) in [6.45, 7) is 5.57. The Hall–Kier alpha value is -2.68. The van der Waals surface area contributed by atoms with Gasteiger partial charge in [0.05, 0.1) is 13.2 Å². The standard InChI is InChI=1S/C22H24O3/c1-3-12-23-20-11-10-17-15-22(25-19-8-6-5-7-9-19)21(24-13-4-2)16-18(17)14-20/h5-11,14-16H,3-4,12-13H2,1-2H3. The molecule has 0 bridgehead atoms. The number of fused-ring (bicyclic) bond motifs is 1. The van der Waals surface area contributed by atoms with Crippen LogP contribution in [-0.4, -0.2) is 13.2 Å². The van der Waals surface area contributed by atoms with Gasteiger partial charge in [0.25, 0.3) is 0 Å². The minimum absolute atomic E-state index is 0.655. The first-order chi connectivity index (χ1) is 12.3. The van der Waals surface area contributed by atoms with Crippen molar-refractivity contribution in [2.45, 2.75) is 26.7 Å². The SMILES string of the molecule is CCCOc1ccc2cc(Oc3ccccc3)c(OCCC)cc2c1. The molecule has 0 saturated heterocycles. The molecule has 0 aromatic heterocycles. The fraction of sp³-hybridized carbons (Fsp3) is 0.273. The number of para-hydroxylation sites is 1. The number of benzene rings is 3. The average molecular weight is 336 g/mol. The second-order valence-corrected chi connectivity index (χ2v) is 5.92. The molecular formula is C22H24O3. The molecule has 0 unspecified atom stereocenters. The van der Waals surface area contributed by atoms with Crippen molar-refractivity contribution < 1.29 is 14.2 Å². The van der Waals surface area contributed by atoms with Crippen molar-refractivity contribution >= 4 is 10.8 Å². The summed E-state index contributed by atoms with van der Waals surface area (Å²) in [5, 5.41) is 2.18. The molecule has 3 aromatic carbocycles. The van der Waals surface area contributed by atoms with Crippen molar-refractivity contribution in [3.05, 3.63) is 60.7 Å². The van der Waals surface area contributed by atoms with Gasteiger partial charge in [-0.2, -0.15) is 0 Å². The highest BCUT2D eigenvalue weighted by Crippen LogP contribution is 2.37. The van der Waals surface area contributed by atoms with Crippen LogP contribution in [0, 0.1) is 0 Å². The average Bonchev–Trinajstić information content (AvgIpc) is 2.65. The predicted octanol–water partition coefficient (Wildman–Crippen LogP) is 6.21. The molecule has 0 aliphatic rings. The number of ether oxygens (including phenoxy) is 3. The first kappa shape index (κ1) is 17.2. The molecule has 3 rings (SSSR count). The summed E-state index contributed by atoms with van der Waals surface area (Å²) in [6.07, 6.45) is 1.94. The van der Waals surface area contributed by atoms with Crippen LogP contribution in [0.15, 0.2) is 60.7 Å². The Bertz CT molecular complexity index is 812. The second-order valence-electron chi connectivity index (χ2n) is 5.92. The van der Waals surface area contributed by atoms with Crippen molar-refractivity contribution in [3.8, 4) is 23.0 Å². The molecular weight excluding hydrogens is 312 g/mol. The van der Waals surface area contributed by atoms with Gasteiger partial charge in [0.1, 0.15) is 11.5 Å². The van der Waals surface area contributed by atoms with E-state index in [1.807, 2.05) is 48.5 Å². The minimum atomic E-state index is 0.655. The summed E-state index contributed by atoms with van der Waals surface area (Å²) in [5.74, 6) is 3.17. The second kappa shape index (κ2) is 8.43. The molecule has 0 aliphatic carbocycles. The smallest absolute Gasteiger partial charge is 0.169 e. The van der Waals surface area contributed by atoms with Crippen molar-refractivity contribution in [3.63, 3.8) is 0 Å². The van der Waals surface area contributed by atoms with Gasteiger partial charge in [-0.25, -0.2) is 0 Å². The first-order valence-electron chi connectivity index (χ1n) is 8.86. The molecule has 3 aromatic rings. The molecule has 130 valence electrons. The van der Waals surface area contributed by atoms with Crippen molar-refractivity contribution in [1.29, 1.82) is 0 Å². The topological polar surface area (TPSA) is 27.7 Å². The molecule has 0 spiro atoms. The van der Waals surface area contributed by atoms with Gasteiger partial charge in [-0.15, -0.1) is 0 Å². The normalized spacial score (nSPS) is 10.6. The summed E-state index contributed by atoms with van der Waals surface area (Å²) < 4.78 is 17.7. The van der Waals surface area contributed by atoms with Gasteiger partial charge in [0.15, 0.2) is 11.5 Å². The summed E-state index contributed by atoms with van der Waals surface area (Å²) in [7, 11) is 0. The van der Waals surface area contributed by atoms with Crippen LogP contribution in [0.2, 0.25) is 0 Å². The summed E-state index contributed by atoms with van der Waals surface area (Å²) >= 11 is 0. The van der Waals surface area contributed by atoms with Crippen LogP contribution in [0.5, 0.6) is 23.0 Å². The molecule has 0 N–H and O–H groups in total. The van der Waals surface area contributed by atoms with Gasteiger partial charge in [0.2, 0.25) is 0 Å². The number of rotatable bonds is 8. The molecule has 0 aliphatic heterocycles. The van der Waals surface area contributed by atoms with Gasteiger partial charge in [0, 0.05) is 0 Å². The van der Waals surface area contributed by atoms with Gasteiger partial charge >= 0.3 is 0 Å². The van der Waals surface area contributed by atoms with E-state index in [-0.39, 0.29) is 0 Å². The minimum Gasteiger partial charge on any atom is -0.494 e. The fourth-order valence-corrected chi connectivity index (χ4v) is 2.56. The summed E-state index contributed by atoms with van der Waals surface area (Å²) in [4.78, 5) is 0. The van der Waals surface area contributed by atoms with Crippen LogP contribution in [0.3, 0.4) is 0 Å². The predicted molar refractivity (Wildman–Crippen MR) is 102 cm³/mol. The third-order valence-corrected chi connectivity index (χ3v) is 3.78. The number of hydrogen-bond acceptors (Lipinski definition) is 3. The highest BCUT2D eigenvalue weighted by molar-refractivity contribution is 5.87. The van der Waals surface area contributed by atoms with Crippen LogP contribution < -0.4 is 14.2 Å². The largest absolute Gasteiger partial charge is 0.494 e.